The maximum absolute atomic E-state index is 4.40. The summed E-state index contributed by atoms with van der Waals surface area (Å²) >= 11 is 0. The van der Waals surface area contributed by atoms with Crippen LogP contribution in [0.15, 0.2) is 12.4 Å². The molecule has 1 atom stereocenters. The molecule has 3 heteroatoms. The molecule has 76 valence electrons. The van der Waals surface area contributed by atoms with Gasteiger partial charge < -0.3 is 5.32 Å². The standard InChI is InChI=1S/C11H17N3/c1-11(2)4-9(11)10-13-6-8(5-12-3)7-14-10/h6-7,9,12H,4-5H2,1-3H3. The second kappa shape index (κ2) is 3.31. The first-order chi connectivity index (χ1) is 6.63. The number of aromatic nitrogens is 2. The molecule has 0 bridgehead atoms. The summed E-state index contributed by atoms with van der Waals surface area (Å²) in [5.41, 5.74) is 1.57. The molecule has 3 nitrogen and oxygen atoms in total. The Hall–Kier alpha value is -0.960. The van der Waals surface area contributed by atoms with Crippen LogP contribution < -0.4 is 5.32 Å². The van der Waals surface area contributed by atoms with Crippen molar-refractivity contribution in [3.8, 4) is 0 Å². The van der Waals surface area contributed by atoms with Crippen LogP contribution >= 0.6 is 0 Å². The highest BCUT2D eigenvalue weighted by Gasteiger charge is 2.48. The second-order valence-electron chi connectivity index (χ2n) is 4.73. The van der Waals surface area contributed by atoms with Crippen molar-refractivity contribution in [2.45, 2.75) is 32.7 Å². The van der Waals surface area contributed by atoms with E-state index in [2.05, 4.69) is 29.1 Å². The molecule has 1 unspecified atom stereocenters. The maximum atomic E-state index is 4.40. The van der Waals surface area contributed by atoms with Crippen molar-refractivity contribution in [2.75, 3.05) is 7.05 Å². The van der Waals surface area contributed by atoms with Crippen molar-refractivity contribution in [1.29, 1.82) is 0 Å². The third kappa shape index (κ3) is 1.77. The lowest BCUT2D eigenvalue weighted by Gasteiger charge is -2.03. The van der Waals surface area contributed by atoms with Gasteiger partial charge >= 0.3 is 0 Å². The van der Waals surface area contributed by atoms with Gasteiger partial charge in [0.15, 0.2) is 0 Å². The minimum Gasteiger partial charge on any atom is -0.316 e. The van der Waals surface area contributed by atoms with Crippen molar-refractivity contribution >= 4 is 0 Å². The number of hydrogen-bond acceptors (Lipinski definition) is 3. The number of nitrogens with zero attached hydrogens (tertiary/aromatic N) is 2. The summed E-state index contributed by atoms with van der Waals surface area (Å²) in [7, 11) is 1.93. The number of nitrogens with one attached hydrogen (secondary N) is 1. The topological polar surface area (TPSA) is 37.8 Å². The summed E-state index contributed by atoms with van der Waals surface area (Å²) in [5, 5.41) is 3.08. The second-order valence-corrected chi connectivity index (χ2v) is 4.73. The van der Waals surface area contributed by atoms with E-state index < -0.39 is 0 Å². The van der Waals surface area contributed by atoms with Crippen LogP contribution in [-0.2, 0) is 6.54 Å². The van der Waals surface area contributed by atoms with E-state index in [0.717, 1.165) is 17.9 Å². The van der Waals surface area contributed by atoms with Crippen LogP contribution in [0.4, 0.5) is 0 Å². The summed E-state index contributed by atoms with van der Waals surface area (Å²) in [6.07, 6.45) is 5.07. The molecule has 1 heterocycles. The summed E-state index contributed by atoms with van der Waals surface area (Å²) in [4.78, 5) is 8.81. The molecule has 1 aromatic heterocycles. The third-order valence-corrected chi connectivity index (χ3v) is 2.93. The Morgan fingerprint density at radius 3 is 2.43 bits per heavy atom. The first-order valence-electron chi connectivity index (χ1n) is 5.09. The van der Waals surface area contributed by atoms with E-state index in [1.807, 2.05) is 19.4 Å². The highest BCUT2D eigenvalue weighted by Crippen LogP contribution is 2.57. The van der Waals surface area contributed by atoms with Crippen LogP contribution in [0.25, 0.3) is 0 Å². The van der Waals surface area contributed by atoms with Gasteiger partial charge in [-0.05, 0) is 18.9 Å². The van der Waals surface area contributed by atoms with Gasteiger partial charge in [0, 0.05) is 30.4 Å². The molecule has 1 fully saturated rings. The zero-order valence-electron chi connectivity index (χ0n) is 9.04. The Morgan fingerprint density at radius 1 is 1.43 bits per heavy atom. The summed E-state index contributed by atoms with van der Waals surface area (Å²) in [6.45, 7) is 5.37. The smallest absolute Gasteiger partial charge is 0.131 e. The van der Waals surface area contributed by atoms with Crippen molar-refractivity contribution in [3.05, 3.63) is 23.8 Å². The molecule has 14 heavy (non-hydrogen) atoms. The van der Waals surface area contributed by atoms with Crippen molar-refractivity contribution < 1.29 is 0 Å². The highest BCUT2D eigenvalue weighted by atomic mass is 14.9. The normalized spacial score (nSPS) is 23.5. The van der Waals surface area contributed by atoms with E-state index in [-0.39, 0.29) is 0 Å². The Morgan fingerprint density at radius 2 is 2.00 bits per heavy atom. The first-order valence-corrected chi connectivity index (χ1v) is 5.09. The largest absolute Gasteiger partial charge is 0.316 e. The van der Waals surface area contributed by atoms with Gasteiger partial charge in [0.2, 0.25) is 0 Å². The quantitative estimate of drug-likeness (QED) is 0.790. The minimum atomic E-state index is 0.421. The summed E-state index contributed by atoms with van der Waals surface area (Å²) in [6, 6.07) is 0. The van der Waals surface area contributed by atoms with Crippen LogP contribution in [0.5, 0.6) is 0 Å². The zero-order chi connectivity index (χ0) is 10.2. The summed E-state index contributed by atoms with van der Waals surface area (Å²) in [5.74, 6) is 1.58. The van der Waals surface area contributed by atoms with Gasteiger partial charge in [0.05, 0.1) is 0 Å². The fraction of sp³-hybridized carbons (Fsp3) is 0.636. The van der Waals surface area contributed by atoms with Crippen LogP contribution in [0.1, 0.15) is 37.6 Å². The highest BCUT2D eigenvalue weighted by molar-refractivity contribution is 5.17. The molecule has 0 aliphatic heterocycles. The monoisotopic (exact) mass is 191 g/mol. The molecule has 1 N–H and O–H groups in total. The Kier molecular flexibility index (Phi) is 2.27. The van der Waals surface area contributed by atoms with E-state index in [0.29, 0.717) is 11.3 Å². The molecule has 2 rings (SSSR count). The van der Waals surface area contributed by atoms with Crippen molar-refractivity contribution in [3.63, 3.8) is 0 Å². The predicted molar refractivity (Wildman–Crippen MR) is 55.9 cm³/mol. The van der Waals surface area contributed by atoms with Gasteiger partial charge in [-0.3, -0.25) is 0 Å². The van der Waals surface area contributed by atoms with Crippen LogP contribution in [0.2, 0.25) is 0 Å². The van der Waals surface area contributed by atoms with E-state index >= 15 is 0 Å². The van der Waals surface area contributed by atoms with Crippen LogP contribution in [-0.4, -0.2) is 17.0 Å². The van der Waals surface area contributed by atoms with Crippen molar-refractivity contribution in [1.82, 2.24) is 15.3 Å². The first kappa shape index (κ1) is 9.59. The van der Waals surface area contributed by atoms with Gasteiger partial charge in [-0.1, -0.05) is 13.8 Å². The predicted octanol–water partition coefficient (Wildman–Crippen LogP) is 1.71. The van der Waals surface area contributed by atoms with Gasteiger partial charge in [0.1, 0.15) is 5.82 Å². The molecule has 0 aromatic carbocycles. The molecule has 1 aromatic rings. The average molecular weight is 191 g/mol. The van der Waals surface area contributed by atoms with Crippen LogP contribution in [0, 0.1) is 5.41 Å². The zero-order valence-corrected chi connectivity index (χ0v) is 9.04. The number of hydrogen-bond donors (Lipinski definition) is 1. The SMILES string of the molecule is CNCc1cnc(C2CC2(C)C)nc1. The molecule has 1 aliphatic carbocycles. The molecule has 0 radical (unpaired) electrons. The van der Waals surface area contributed by atoms with E-state index in [4.69, 9.17) is 0 Å². The Bertz CT molecular complexity index is 316. The Labute approximate surface area is 85.0 Å². The summed E-state index contributed by atoms with van der Waals surface area (Å²) < 4.78 is 0. The fourth-order valence-electron chi connectivity index (χ4n) is 1.75. The molecule has 1 aliphatic rings. The maximum Gasteiger partial charge on any atom is 0.131 e. The lowest BCUT2D eigenvalue weighted by atomic mass is 10.1. The van der Waals surface area contributed by atoms with Crippen molar-refractivity contribution in [2.24, 2.45) is 5.41 Å². The van der Waals surface area contributed by atoms with Gasteiger partial charge in [-0.2, -0.15) is 0 Å². The minimum absolute atomic E-state index is 0.421. The molecule has 0 amide bonds. The lowest BCUT2D eigenvalue weighted by molar-refractivity contribution is 0.607. The van der Waals surface area contributed by atoms with Gasteiger partial charge in [-0.25, -0.2) is 9.97 Å². The third-order valence-electron chi connectivity index (χ3n) is 2.93. The van der Waals surface area contributed by atoms with Crippen LogP contribution in [0.3, 0.4) is 0 Å². The van der Waals surface area contributed by atoms with Gasteiger partial charge in [0.25, 0.3) is 0 Å². The van der Waals surface area contributed by atoms with E-state index in [1.54, 1.807) is 0 Å². The lowest BCUT2D eigenvalue weighted by Crippen LogP contribution is -2.07. The van der Waals surface area contributed by atoms with E-state index in [9.17, 15) is 0 Å². The molecular formula is C11H17N3. The molecule has 0 saturated heterocycles. The number of rotatable bonds is 3. The fourth-order valence-corrected chi connectivity index (χ4v) is 1.75. The van der Waals surface area contributed by atoms with Gasteiger partial charge in [-0.15, -0.1) is 0 Å². The Balaban J connectivity index is 2.08. The van der Waals surface area contributed by atoms with E-state index in [1.165, 1.54) is 6.42 Å². The molecule has 1 saturated carbocycles. The average Bonchev–Trinajstić information content (AvgIpc) is 2.77. The molecule has 0 spiro atoms. The molecular weight excluding hydrogens is 174 g/mol.